The zero-order chi connectivity index (χ0) is 16.9. The number of hydrogen-bond acceptors (Lipinski definition) is 4. The van der Waals surface area contributed by atoms with Crippen LogP contribution in [0.3, 0.4) is 0 Å². The van der Waals surface area contributed by atoms with Gasteiger partial charge in [-0.25, -0.2) is 0 Å². The van der Waals surface area contributed by atoms with Crippen molar-refractivity contribution in [2.45, 2.75) is 52.1 Å². The van der Waals surface area contributed by atoms with Crippen molar-refractivity contribution in [1.29, 1.82) is 0 Å². The Hall–Kier alpha value is -1.39. The molecule has 2 fully saturated rings. The van der Waals surface area contributed by atoms with Crippen LogP contribution in [0.15, 0.2) is 18.2 Å². The molecule has 0 amide bonds. The number of likely N-dealkylation sites (tertiary alicyclic amines) is 2. The molecule has 1 atom stereocenters. The maximum atomic E-state index is 11.7. The van der Waals surface area contributed by atoms with Crippen LogP contribution in [0.5, 0.6) is 5.75 Å². The number of hydrogen-bond donors (Lipinski definition) is 0. The Labute approximate surface area is 145 Å². The fraction of sp³-hybridized carbons (Fsp3) is 0.650. The third-order valence-electron chi connectivity index (χ3n) is 5.30. The first-order chi connectivity index (χ1) is 11.7. The summed E-state index contributed by atoms with van der Waals surface area (Å²) in [4.78, 5) is 16.9. The van der Waals surface area contributed by atoms with Crippen LogP contribution in [0, 0.1) is 0 Å². The van der Waals surface area contributed by atoms with E-state index in [1.807, 2.05) is 25.1 Å². The van der Waals surface area contributed by atoms with Crippen molar-refractivity contribution in [3.05, 3.63) is 29.3 Å². The van der Waals surface area contributed by atoms with Crippen LogP contribution in [-0.2, 0) is 6.54 Å². The highest BCUT2D eigenvalue weighted by Gasteiger charge is 2.27. The maximum absolute atomic E-state index is 11.7. The molecule has 1 aromatic carbocycles. The smallest absolute Gasteiger partial charge is 0.159 e. The van der Waals surface area contributed by atoms with Crippen molar-refractivity contribution in [2.24, 2.45) is 0 Å². The zero-order valence-corrected chi connectivity index (χ0v) is 15.1. The van der Waals surface area contributed by atoms with Crippen molar-refractivity contribution < 1.29 is 9.53 Å². The second-order valence-corrected chi connectivity index (χ2v) is 7.09. The number of piperidine rings is 1. The Morgan fingerprint density at radius 2 is 2.00 bits per heavy atom. The molecule has 1 unspecified atom stereocenters. The molecule has 0 spiro atoms. The molecule has 1 aromatic rings. The molecule has 24 heavy (non-hydrogen) atoms. The lowest BCUT2D eigenvalue weighted by molar-refractivity contribution is 0.101. The molecule has 4 nitrogen and oxygen atoms in total. The average molecular weight is 330 g/mol. The number of ether oxygens (including phenoxy) is 1. The molecule has 2 aliphatic heterocycles. The molecular weight excluding hydrogens is 300 g/mol. The normalized spacial score (nSPS) is 22.7. The number of rotatable bonds is 6. The van der Waals surface area contributed by atoms with Gasteiger partial charge in [0.2, 0.25) is 0 Å². The quantitative estimate of drug-likeness (QED) is 0.749. The SMILES string of the molecule is CCOc1ccc(C(C)=O)cc1CN1CCCC(N2CCCC2)C1. The maximum Gasteiger partial charge on any atom is 0.159 e. The van der Waals surface area contributed by atoms with Gasteiger partial charge in [-0.05, 0) is 77.4 Å². The van der Waals surface area contributed by atoms with Crippen LogP contribution < -0.4 is 4.74 Å². The number of Topliss-reactive ketones (excluding diaryl/α,β-unsaturated/α-hetero) is 1. The predicted molar refractivity (Wildman–Crippen MR) is 96.7 cm³/mol. The average Bonchev–Trinajstić information content (AvgIpc) is 3.11. The van der Waals surface area contributed by atoms with E-state index < -0.39 is 0 Å². The van der Waals surface area contributed by atoms with Gasteiger partial charge in [-0.1, -0.05) is 0 Å². The van der Waals surface area contributed by atoms with Gasteiger partial charge >= 0.3 is 0 Å². The first-order valence-electron chi connectivity index (χ1n) is 9.40. The lowest BCUT2D eigenvalue weighted by Crippen LogP contribution is -2.46. The Morgan fingerprint density at radius 1 is 1.21 bits per heavy atom. The lowest BCUT2D eigenvalue weighted by Gasteiger charge is -2.37. The van der Waals surface area contributed by atoms with Gasteiger partial charge < -0.3 is 4.74 Å². The summed E-state index contributed by atoms with van der Waals surface area (Å²) < 4.78 is 5.79. The second-order valence-electron chi connectivity index (χ2n) is 7.09. The Balaban J connectivity index is 1.71. The molecule has 132 valence electrons. The topological polar surface area (TPSA) is 32.8 Å². The molecule has 0 aliphatic carbocycles. The van der Waals surface area contributed by atoms with Crippen LogP contribution >= 0.6 is 0 Å². The van der Waals surface area contributed by atoms with E-state index >= 15 is 0 Å². The second kappa shape index (κ2) is 8.13. The fourth-order valence-electron chi connectivity index (χ4n) is 4.04. The molecule has 2 saturated heterocycles. The van der Waals surface area contributed by atoms with Crippen molar-refractivity contribution in [3.63, 3.8) is 0 Å². The molecular formula is C20H30N2O2. The Kier molecular flexibility index (Phi) is 5.90. The van der Waals surface area contributed by atoms with E-state index in [9.17, 15) is 4.79 Å². The molecule has 3 rings (SSSR count). The summed E-state index contributed by atoms with van der Waals surface area (Å²) in [6.45, 7) is 9.97. The van der Waals surface area contributed by atoms with Gasteiger partial charge in [0, 0.05) is 30.3 Å². The molecule has 0 radical (unpaired) electrons. The van der Waals surface area contributed by atoms with E-state index in [0.717, 1.165) is 36.5 Å². The summed E-state index contributed by atoms with van der Waals surface area (Å²) in [6, 6.07) is 6.55. The van der Waals surface area contributed by atoms with Crippen LogP contribution in [0.1, 0.15) is 55.5 Å². The summed E-state index contributed by atoms with van der Waals surface area (Å²) >= 11 is 0. The van der Waals surface area contributed by atoms with E-state index in [4.69, 9.17) is 4.74 Å². The molecule has 0 saturated carbocycles. The third kappa shape index (κ3) is 4.17. The molecule has 0 N–H and O–H groups in total. The minimum absolute atomic E-state index is 0.118. The number of carbonyl (C=O) groups is 1. The standard InChI is InChI=1S/C20H30N2O2/c1-3-24-20-9-8-17(16(2)23)13-18(20)14-21-10-6-7-19(15-21)22-11-4-5-12-22/h8-9,13,19H,3-7,10-12,14-15H2,1-2H3. The number of benzene rings is 1. The minimum Gasteiger partial charge on any atom is -0.494 e. The fourth-order valence-corrected chi connectivity index (χ4v) is 4.04. The lowest BCUT2D eigenvalue weighted by atomic mass is 10.0. The van der Waals surface area contributed by atoms with Gasteiger partial charge in [-0.3, -0.25) is 14.6 Å². The molecule has 0 bridgehead atoms. The van der Waals surface area contributed by atoms with Crippen molar-refractivity contribution in [2.75, 3.05) is 32.8 Å². The van der Waals surface area contributed by atoms with Crippen molar-refractivity contribution in [3.8, 4) is 5.75 Å². The highest BCUT2D eigenvalue weighted by Crippen LogP contribution is 2.26. The van der Waals surface area contributed by atoms with Gasteiger partial charge in [0.05, 0.1) is 6.61 Å². The summed E-state index contributed by atoms with van der Waals surface area (Å²) in [7, 11) is 0. The first kappa shape index (κ1) is 17.4. The number of carbonyl (C=O) groups excluding carboxylic acids is 1. The molecule has 2 heterocycles. The molecule has 2 aliphatic rings. The van der Waals surface area contributed by atoms with E-state index in [0.29, 0.717) is 12.6 Å². The van der Waals surface area contributed by atoms with E-state index in [1.54, 1.807) is 6.92 Å². The van der Waals surface area contributed by atoms with Crippen molar-refractivity contribution in [1.82, 2.24) is 9.80 Å². The molecule has 0 aromatic heterocycles. The monoisotopic (exact) mass is 330 g/mol. The third-order valence-corrected chi connectivity index (χ3v) is 5.30. The van der Waals surface area contributed by atoms with E-state index in [-0.39, 0.29) is 5.78 Å². The Bertz CT molecular complexity index is 567. The number of nitrogens with zero attached hydrogens (tertiary/aromatic N) is 2. The highest BCUT2D eigenvalue weighted by molar-refractivity contribution is 5.94. The van der Waals surface area contributed by atoms with Crippen molar-refractivity contribution >= 4 is 5.78 Å². The first-order valence-corrected chi connectivity index (χ1v) is 9.40. The minimum atomic E-state index is 0.118. The van der Waals surface area contributed by atoms with Gasteiger partial charge in [0.25, 0.3) is 0 Å². The van der Waals surface area contributed by atoms with Gasteiger partial charge in [-0.2, -0.15) is 0 Å². The summed E-state index contributed by atoms with van der Waals surface area (Å²) in [5.74, 6) is 1.04. The summed E-state index contributed by atoms with van der Waals surface area (Å²) in [5.41, 5.74) is 1.92. The zero-order valence-electron chi connectivity index (χ0n) is 15.1. The van der Waals surface area contributed by atoms with Gasteiger partial charge in [0.1, 0.15) is 5.75 Å². The summed E-state index contributed by atoms with van der Waals surface area (Å²) in [5, 5.41) is 0. The number of ketones is 1. The summed E-state index contributed by atoms with van der Waals surface area (Å²) in [6.07, 6.45) is 5.29. The van der Waals surface area contributed by atoms with Gasteiger partial charge in [0.15, 0.2) is 5.78 Å². The van der Waals surface area contributed by atoms with Crippen LogP contribution in [-0.4, -0.2) is 54.4 Å². The van der Waals surface area contributed by atoms with E-state index in [1.165, 1.54) is 38.8 Å². The highest BCUT2D eigenvalue weighted by atomic mass is 16.5. The largest absolute Gasteiger partial charge is 0.494 e. The van der Waals surface area contributed by atoms with Crippen LogP contribution in [0.2, 0.25) is 0 Å². The van der Waals surface area contributed by atoms with Crippen LogP contribution in [0.4, 0.5) is 0 Å². The van der Waals surface area contributed by atoms with Gasteiger partial charge in [-0.15, -0.1) is 0 Å². The Morgan fingerprint density at radius 3 is 2.71 bits per heavy atom. The van der Waals surface area contributed by atoms with E-state index in [2.05, 4.69) is 9.80 Å². The van der Waals surface area contributed by atoms with Crippen LogP contribution in [0.25, 0.3) is 0 Å². The molecule has 4 heteroatoms. The predicted octanol–water partition coefficient (Wildman–Crippen LogP) is 3.35.